The van der Waals surface area contributed by atoms with E-state index in [1.807, 2.05) is 26.0 Å². The van der Waals surface area contributed by atoms with Crippen LogP contribution in [0.4, 0.5) is 4.79 Å². The van der Waals surface area contributed by atoms with Crippen LogP contribution in [0.2, 0.25) is 0 Å². The van der Waals surface area contributed by atoms with Crippen molar-refractivity contribution in [2.24, 2.45) is 0 Å². The Bertz CT molecular complexity index is 746. The first-order chi connectivity index (χ1) is 12.6. The van der Waals surface area contributed by atoms with Gasteiger partial charge in [0.1, 0.15) is 0 Å². The Labute approximate surface area is 163 Å². The van der Waals surface area contributed by atoms with Gasteiger partial charge < -0.3 is 9.64 Å². The molecule has 0 radical (unpaired) electrons. The van der Waals surface area contributed by atoms with Crippen molar-refractivity contribution in [2.75, 3.05) is 12.8 Å². The number of benzene rings is 1. The van der Waals surface area contributed by atoms with Crippen LogP contribution < -0.4 is 4.72 Å². The van der Waals surface area contributed by atoms with Gasteiger partial charge in [0, 0.05) is 12.6 Å². The van der Waals surface area contributed by atoms with Gasteiger partial charge in [0.15, 0.2) is 0 Å². The molecule has 1 aliphatic heterocycles. The van der Waals surface area contributed by atoms with Crippen LogP contribution in [0, 0.1) is 0 Å². The van der Waals surface area contributed by atoms with Crippen LogP contribution in [0.1, 0.15) is 57.6 Å². The fraction of sp³-hybridized carbons (Fsp3) is 0.650. The number of carbonyl (C=O) groups excluding carboxylic acids is 1. The number of nitrogens with one attached hydrogen (secondary N) is 1. The van der Waals surface area contributed by atoms with Crippen molar-refractivity contribution in [3.8, 4) is 0 Å². The number of sulfonamides is 1. The Morgan fingerprint density at radius 3 is 2.59 bits per heavy atom. The molecule has 1 N–H and O–H groups in total. The van der Waals surface area contributed by atoms with Crippen LogP contribution in [0.25, 0.3) is 0 Å². The molecule has 1 fully saturated rings. The molecular weight excluding hydrogens is 364 g/mol. The van der Waals surface area contributed by atoms with Crippen LogP contribution in [0.5, 0.6) is 0 Å². The highest BCUT2D eigenvalue weighted by atomic mass is 32.2. The van der Waals surface area contributed by atoms with Crippen molar-refractivity contribution >= 4 is 16.1 Å². The van der Waals surface area contributed by atoms with E-state index < -0.39 is 10.0 Å². The molecule has 0 spiro atoms. The van der Waals surface area contributed by atoms with Gasteiger partial charge in [0.2, 0.25) is 10.0 Å². The largest absolute Gasteiger partial charge is 0.447 e. The zero-order chi connectivity index (χ0) is 20.2. The lowest BCUT2D eigenvalue weighted by molar-refractivity contribution is 0.0461. The second kappa shape index (κ2) is 9.06. The predicted octanol–water partition coefficient (Wildman–Crippen LogP) is 3.28. The van der Waals surface area contributed by atoms with Gasteiger partial charge in [-0.15, -0.1) is 0 Å². The number of nitrogens with zero attached hydrogens (tertiary/aromatic N) is 1. The van der Waals surface area contributed by atoms with E-state index in [-0.39, 0.29) is 24.3 Å². The van der Waals surface area contributed by atoms with Gasteiger partial charge in [-0.2, -0.15) is 0 Å². The quantitative estimate of drug-likeness (QED) is 0.801. The third-order valence-corrected chi connectivity index (χ3v) is 5.51. The second-order valence-corrected chi connectivity index (χ2v) is 9.72. The van der Waals surface area contributed by atoms with E-state index in [0.717, 1.165) is 18.2 Å². The molecule has 0 aliphatic carbocycles. The molecule has 2 rings (SSSR count). The molecule has 2 atom stereocenters. The monoisotopic (exact) mass is 396 g/mol. The molecule has 1 aliphatic rings. The zero-order valence-electron chi connectivity index (χ0n) is 16.9. The highest BCUT2D eigenvalue weighted by Gasteiger charge is 2.36. The predicted molar refractivity (Wildman–Crippen MR) is 107 cm³/mol. The first-order valence-corrected chi connectivity index (χ1v) is 11.5. The maximum Gasteiger partial charge on any atom is 0.410 e. The average molecular weight is 397 g/mol. The summed E-state index contributed by atoms with van der Waals surface area (Å²) in [7, 11) is -3.37. The Balaban J connectivity index is 2.31. The standard InChI is InChI=1S/C20H32N2O4S/c1-14(2)17-9-6-8-16(12-17)13-19-18(21-27(5,24)25)10-7-11-22(19)20(23)26-15(3)4/h6,8-9,12,14-15,18-19,21H,7,10-11,13H2,1-5H3/t18-,19-/m1/s1. The van der Waals surface area contributed by atoms with Gasteiger partial charge in [-0.25, -0.2) is 17.9 Å². The van der Waals surface area contributed by atoms with E-state index in [0.29, 0.717) is 25.3 Å². The van der Waals surface area contributed by atoms with Crippen molar-refractivity contribution in [3.63, 3.8) is 0 Å². The molecule has 0 unspecified atom stereocenters. The third kappa shape index (κ3) is 6.50. The zero-order valence-corrected chi connectivity index (χ0v) is 17.8. The molecule has 1 saturated heterocycles. The maximum atomic E-state index is 12.6. The average Bonchev–Trinajstić information content (AvgIpc) is 2.54. The number of rotatable bonds is 6. The SMILES string of the molecule is CC(C)OC(=O)N1CCC[C@@H](NS(C)(=O)=O)[C@H]1Cc1cccc(C(C)C)c1. The smallest absolute Gasteiger partial charge is 0.410 e. The molecule has 0 saturated carbocycles. The van der Waals surface area contributed by atoms with Gasteiger partial charge in [-0.05, 0) is 50.2 Å². The van der Waals surface area contributed by atoms with Gasteiger partial charge in [0.05, 0.1) is 18.4 Å². The van der Waals surface area contributed by atoms with Gasteiger partial charge in [-0.3, -0.25) is 0 Å². The van der Waals surface area contributed by atoms with Crippen LogP contribution in [0.3, 0.4) is 0 Å². The molecule has 152 valence electrons. The number of piperidine rings is 1. The van der Waals surface area contributed by atoms with Gasteiger partial charge in [0.25, 0.3) is 0 Å². The van der Waals surface area contributed by atoms with E-state index in [2.05, 4.69) is 30.7 Å². The summed E-state index contributed by atoms with van der Waals surface area (Å²) in [6.45, 7) is 8.48. The minimum atomic E-state index is -3.37. The van der Waals surface area contributed by atoms with Crippen molar-refractivity contribution in [1.82, 2.24) is 9.62 Å². The van der Waals surface area contributed by atoms with Crippen molar-refractivity contribution in [1.29, 1.82) is 0 Å². The van der Waals surface area contributed by atoms with E-state index in [1.54, 1.807) is 4.90 Å². The van der Waals surface area contributed by atoms with Crippen molar-refractivity contribution in [3.05, 3.63) is 35.4 Å². The number of amides is 1. The van der Waals surface area contributed by atoms with Crippen LogP contribution in [-0.2, 0) is 21.2 Å². The fourth-order valence-corrected chi connectivity index (χ4v) is 4.36. The Kier molecular flexibility index (Phi) is 7.28. The molecule has 0 aromatic heterocycles. The summed E-state index contributed by atoms with van der Waals surface area (Å²) in [4.78, 5) is 14.3. The number of carbonyl (C=O) groups is 1. The summed E-state index contributed by atoms with van der Waals surface area (Å²) in [5.74, 6) is 0.406. The summed E-state index contributed by atoms with van der Waals surface area (Å²) in [6, 6.07) is 7.68. The van der Waals surface area contributed by atoms with Gasteiger partial charge in [-0.1, -0.05) is 38.1 Å². The first kappa shape index (κ1) is 21.7. The minimum absolute atomic E-state index is 0.217. The summed E-state index contributed by atoms with van der Waals surface area (Å²) in [6.07, 6.45) is 2.59. The van der Waals surface area contributed by atoms with Crippen LogP contribution in [-0.4, -0.2) is 50.4 Å². The number of ether oxygens (including phenoxy) is 1. The fourth-order valence-electron chi connectivity index (χ4n) is 3.54. The maximum absolute atomic E-state index is 12.6. The molecule has 6 nitrogen and oxygen atoms in total. The minimum Gasteiger partial charge on any atom is -0.447 e. The number of hydrogen-bond acceptors (Lipinski definition) is 4. The lowest BCUT2D eigenvalue weighted by Crippen LogP contribution is -2.58. The van der Waals surface area contributed by atoms with Gasteiger partial charge >= 0.3 is 6.09 Å². The molecule has 27 heavy (non-hydrogen) atoms. The van der Waals surface area contributed by atoms with Crippen molar-refractivity contribution in [2.45, 2.75) is 71.1 Å². The van der Waals surface area contributed by atoms with E-state index >= 15 is 0 Å². The molecule has 1 aromatic rings. The second-order valence-electron chi connectivity index (χ2n) is 7.94. The third-order valence-electron chi connectivity index (χ3n) is 4.78. The normalized spacial score (nSPS) is 20.9. The molecule has 1 amide bonds. The number of likely N-dealkylation sites (tertiary alicyclic amines) is 1. The van der Waals surface area contributed by atoms with Crippen molar-refractivity contribution < 1.29 is 17.9 Å². The Hall–Kier alpha value is -1.60. The molecule has 1 aromatic carbocycles. The summed E-state index contributed by atoms with van der Waals surface area (Å²) < 4.78 is 31.8. The summed E-state index contributed by atoms with van der Waals surface area (Å²) in [5.41, 5.74) is 2.32. The molecule has 0 bridgehead atoms. The summed E-state index contributed by atoms with van der Waals surface area (Å²) >= 11 is 0. The summed E-state index contributed by atoms with van der Waals surface area (Å²) in [5, 5.41) is 0. The Morgan fingerprint density at radius 1 is 1.30 bits per heavy atom. The molecular formula is C20H32N2O4S. The lowest BCUT2D eigenvalue weighted by Gasteiger charge is -2.41. The van der Waals surface area contributed by atoms with E-state index in [9.17, 15) is 13.2 Å². The Morgan fingerprint density at radius 2 is 2.00 bits per heavy atom. The lowest BCUT2D eigenvalue weighted by atomic mass is 9.90. The first-order valence-electron chi connectivity index (χ1n) is 9.60. The van der Waals surface area contributed by atoms with Crippen LogP contribution in [0.15, 0.2) is 24.3 Å². The molecule has 1 heterocycles. The molecule has 7 heteroatoms. The van der Waals surface area contributed by atoms with E-state index in [1.165, 1.54) is 5.56 Å². The highest BCUT2D eigenvalue weighted by Crippen LogP contribution is 2.25. The van der Waals surface area contributed by atoms with E-state index in [4.69, 9.17) is 4.74 Å². The number of hydrogen-bond donors (Lipinski definition) is 1. The van der Waals surface area contributed by atoms with Crippen LogP contribution >= 0.6 is 0 Å². The highest BCUT2D eigenvalue weighted by molar-refractivity contribution is 7.88. The topological polar surface area (TPSA) is 75.7 Å².